The summed E-state index contributed by atoms with van der Waals surface area (Å²) in [4.78, 5) is 4.80. The van der Waals surface area contributed by atoms with Crippen molar-refractivity contribution in [1.82, 2.24) is 9.55 Å². The molecule has 4 heteroatoms. The molecule has 1 aromatic heterocycles. The summed E-state index contributed by atoms with van der Waals surface area (Å²) in [5, 5.41) is 3.50. The second-order valence-electron chi connectivity index (χ2n) is 7.29. The largest absolute Gasteiger partial charge is 0.325 e. The molecule has 0 fully saturated rings. The number of anilines is 1. The highest BCUT2D eigenvalue weighted by molar-refractivity contribution is 5.85. The molecule has 3 aromatic carbocycles. The van der Waals surface area contributed by atoms with Gasteiger partial charge in [-0.1, -0.05) is 36.4 Å². The molecular weight excluding hydrogens is 349 g/mol. The fourth-order valence-electron chi connectivity index (χ4n) is 3.79. The second-order valence-corrected chi connectivity index (χ2v) is 7.29. The van der Waals surface area contributed by atoms with E-state index in [1.807, 2.05) is 30.3 Å². The highest BCUT2D eigenvalue weighted by Gasteiger charge is 2.25. The van der Waals surface area contributed by atoms with Gasteiger partial charge in [-0.25, -0.2) is 9.37 Å². The molecule has 3 nitrogen and oxygen atoms in total. The van der Waals surface area contributed by atoms with Crippen LogP contribution in [0, 0.1) is 19.7 Å². The zero-order chi connectivity index (χ0) is 19.3. The lowest BCUT2D eigenvalue weighted by Crippen LogP contribution is -2.19. The number of allylic oxidation sites excluding steroid dienone is 1. The molecule has 0 radical (unpaired) electrons. The molecule has 0 aliphatic carbocycles. The van der Waals surface area contributed by atoms with Crippen molar-refractivity contribution in [3.05, 3.63) is 101 Å². The van der Waals surface area contributed by atoms with E-state index in [1.54, 1.807) is 0 Å². The van der Waals surface area contributed by atoms with Gasteiger partial charge in [-0.3, -0.25) is 4.57 Å². The van der Waals surface area contributed by atoms with Crippen LogP contribution in [0.3, 0.4) is 0 Å². The lowest BCUT2D eigenvalue weighted by atomic mass is 9.99. The van der Waals surface area contributed by atoms with Crippen molar-refractivity contribution in [3.8, 4) is 0 Å². The van der Waals surface area contributed by atoms with Crippen LogP contribution in [0.5, 0.6) is 0 Å². The molecule has 2 heterocycles. The molecule has 0 saturated carbocycles. The van der Waals surface area contributed by atoms with Gasteiger partial charge < -0.3 is 5.32 Å². The van der Waals surface area contributed by atoms with Crippen LogP contribution in [0.25, 0.3) is 16.7 Å². The van der Waals surface area contributed by atoms with Crippen molar-refractivity contribution >= 4 is 22.7 Å². The van der Waals surface area contributed by atoms with Crippen molar-refractivity contribution in [3.63, 3.8) is 0 Å². The molecule has 1 atom stereocenters. The van der Waals surface area contributed by atoms with Crippen molar-refractivity contribution in [2.45, 2.75) is 19.9 Å². The Morgan fingerprint density at radius 2 is 1.71 bits per heavy atom. The lowest BCUT2D eigenvalue weighted by Gasteiger charge is -2.27. The Labute approximate surface area is 163 Å². The number of aryl methyl sites for hydroxylation is 2. The average Bonchev–Trinajstić information content (AvgIpc) is 3.08. The van der Waals surface area contributed by atoms with Gasteiger partial charge in [-0.15, -0.1) is 0 Å². The number of halogens is 1. The molecule has 138 valence electrons. The predicted molar refractivity (Wildman–Crippen MR) is 112 cm³/mol. The molecule has 0 spiro atoms. The Morgan fingerprint density at radius 3 is 2.50 bits per heavy atom. The molecule has 4 aromatic rings. The van der Waals surface area contributed by atoms with Gasteiger partial charge in [-0.2, -0.15) is 0 Å². The van der Waals surface area contributed by atoms with Gasteiger partial charge in [0.15, 0.2) is 0 Å². The summed E-state index contributed by atoms with van der Waals surface area (Å²) in [7, 11) is 0. The Hall–Kier alpha value is -3.40. The molecular formula is C24H20FN3. The Balaban J connectivity index is 1.71. The third-order valence-electron chi connectivity index (χ3n) is 5.47. The van der Waals surface area contributed by atoms with Crippen molar-refractivity contribution < 1.29 is 4.39 Å². The van der Waals surface area contributed by atoms with Crippen LogP contribution in [0.4, 0.5) is 10.3 Å². The van der Waals surface area contributed by atoms with Gasteiger partial charge >= 0.3 is 0 Å². The summed E-state index contributed by atoms with van der Waals surface area (Å²) >= 11 is 0. The summed E-state index contributed by atoms with van der Waals surface area (Å²) in [5.74, 6) is 0.568. The number of rotatable bonds is 2. The number of aromatic nitrogens is 2. The number of fused-ring (bicyclic) bond motifs is 3. The van der Waals surface area contributed by atoms with E-state index >= 15 is 0 Å². The minimum atomic E-state index is -0.230. The summed E-state index contributed by atoms with van der Waals surface area (Å²) in [6, 6.07) is 21.2. The van der Waals surface area contributed by atoms with E-state index in [9.17, 15) is 4.39 Å². The number of hydrogen-bond acceptors (Lipinski definition) is 2. The molecule has 0 saturated heterocycles. The van der Waals surface area contributed by atoms with Crippen LogP contribution < -0.4 is 5.32 Å². The standard InChI is InChI=1S/C24H20FN3/c1-15-7-8-18(13-16(15)2)21-14-23(17-9-11-19(25)12-10-17)28-22-6-4-3-5-20(22)26-24(28)27-21/h3-14,23H,1-2H3,(H,26,27). The van der Waals surface area contributed by atoms with Gasteiger partial charge in [0.05, 0.1) is 17.1 Å². The van der Waals surface area contributed by atoms with Gasteiger partial charge in [0.25, 0.3) is 0 Å². The zero-order valence-electron chi connectivity index (χ0n) is 15.8. The fraction of sp³-hybridized carbons (Fsp3) is 0.125. The Kier molecular flexibility index (Phi) is 3.79. The molecule has 0 bridgehead atoms. The normalized spacial score (nSPS) is 15.8. The number of para-hydroxylation sites is 2. The number of hydrogen-bond donors (Lipinski definition) is 1. The first-order chi connectivity index (χ1) is 13.6. The maximum Gasteiger partial charge on any atom is 0.209 e. The maximum absolute atomic E-state index is 13.5. The molecule has 1 aliphatic rings. The van der Waals surface area contributed by atoms with Crippen molar-refractivity contribution in [2.24, 2.45) is 0 Å². The summed E-state index contributed by atoms with van der Waals surface area (Å²) < 4.78 is 15.7. The third-order valence-corrected chi connectivity index (χ3v) is 5.47. The van der Waals surface area contributed by atoms with Crippen LogP contribution in [-0.2, 0) is 0 Å². The van der Waals surface area contributed by atoms with Crippen molar-refractivity contribution in [1.29, 1.82) is 0 Å². The monoisotopic (exact) mass is 369 g/mol. The number of nitrogens with zero attached hydrogens (tertiary/aromatic N) is 2. The van der Waals surface area contributed by atoms with E-state index in [4.69, 9.17) is 4.98 Å². The molecule has 1 unspecified atom stereocenters. The average molecular weight is 369 g/mol. The minimum Gasteiger partial charge on any atom is -0.325 e. The van der Waals surface area contributed by atoms with E-state index in [1.165, 1.54) is 23.3 Å². The molecule has 28 heavy (non-hydrogen) atoms. The maximum atomic E-state index is 13.5. The van der Waals surface area contributed by atoms with Crippen LogP contribution in [0.1, 0.15) is 28.3 Å². The zero-order valence-corrected chi connectivity index (χ0v) is 15.8. The summed E-state index contributed by atoms with van der Waals surface area (Å²) in [6.07, 6.45) is 2.19. The summed E-state index contributed by atoms with van der Waals surface area (Å²) in [5.41, 5.74) is 7.66. The third kappa shape index (κ3) is 2.69. The molecule has 0 amide bonds. The van der Waals surface area contributed by atoms with Crippen LogP contribution >= 0.6 is 0 Å². The number of imidazole rings is 1. The Morgan fingerprint density at radius 1 is 0.929 bits per heavy atom. The van der Waals surface area contributed by atoms with E-state index < -0.39 is 0 Å². The SMILES string of the molecule is Cc1ccc(C2=CC(c3ccc(F)cc3)n3c(nc4ccccc43)N2)cc1C. The summed E-state index contributed by atoms with van der Waals surface area (Å²) in [6.45, 7) is 4.23. The van der Waals surface area contributed by atoms with E-state index in [0.29, 0.717) is 0 Å². The quantitative estimate of drug-likeness (QED) is 0.480. The smallest absolute Gasteiger partial charge is 0.209 e. The highest BCUT2D eigenvalue weighted by Crippen LogP contribution is 2.37. The topological polar surface area (TPSA) is 29.9 Å². The second kappa shape index (κ2) is 6.34. The van der Waals surface area contributed by atoms with Crippen molar-refractivity contribution in [2.75, 3.05) is 5.32 Å². The van der Waals surface area contributed by atoms with Gasteiger partial charge in [0.1, 0.15) is 5.82 Å². The lowest BCUT2D eigenvalue weighted by molar-refractivity contribution is 0.624. The first kappa shape index (κ1) is 16.8. The van der Waals surface area contributed by atoms with Gasteiger partial charge in [0, 0.05) is 5.70 Å². The minimum absolute atomic E-state index is 0.0686. The fourth-order valence-corrected chi connectivity index (χ4v) is 3.79. The highest BCUT2D eigenvalue weighted by atomic mass is 19.1. The van der Waals surface area contributed by atoms with E-state index in [-0.39, 0.29) is 11.9 Å². The van der Waals surface area contributed by atoms with Crippen LogP contribution in [-0.4, -0.2) is 9.55 Å². The number of benzene rings is 3. The van der Waals surface area contributed by atoms with Crippen LogP contribution in [0.15, 0.2) is 72.8 Å². The predicted octanol–water partition coefficient (Wildman–Crippen LogP) is 5.85. The molecule has 1 N–H and O–H groups in total. The molecule has 1 aliphatic heterocycles. The first-order valence-corrected chi connectivity index (χ1v) is 9.39. The molecule has 5 rings (SSSR count). The first-order valence-electron chi connectivity index (χ1n) is 9.39. The Bertz CT molecular complexity index is 1220. The van der Waals surface area contributed by atoms with Crippen LogP contribution in [0.2, 0.25) is 0 Å². The number of nitrogens with one attached hydrogen (secondary N) is 1. The van der Waals surface area contributed by atoms with Gasteiger partial charge in [-0.05, 0) is 72.5 Å². The van der Waals surface area contributed by atoms with E-state index in [2.05, 4.69) is 54.1 Å². The van der Waals surface area contributed by atoms with Gasteiger partial charge in [0.2, 0.25) is 5.95 Å². The van der Waals surface area contributed by atoms with E-state index in [0.717, 1.165) is 33.8 Å².